The molecule has 3 heterocycles. The Morgan fingerprint density at radius 1 is 1.28 bits per heavy atom. The van der Waals surface area contributed by atoms with Gasteiger partial charge in [0.15, 0.2) is 0 Å². The monoisotopic (exact) mass is 395 g/mol. The summed E-state index contributed by atoms with van der Waals surface area (Å²) in [4.78, 5) is 24.9. The lowest BCUT2D eigenvalue weighted by atomic mass is 9.83. The van der Waals surface area contributed by atoms with Crippen molar-refractivity contribution >= 4 is 16.8 Å². The third-order valence-corrected chi connectivity index (χ3v) is 6.36. The first-order chi connectivity index (χ1) is 13.8. The fourth-order valence-corrected chi connectivity index (χ4v) is 4.67. The number of benzene rings is 1. The molecular formula is C22H25N3O4. The van der Waals surface area contributed by atoms with Crippen LogP contribution in [0.15, 0.2) is 39.9 Å². The molecule has 152 valence electrons. The van der Waals surface area contributed by atoms with Crippen LogP contribution in [0.4, 0.5) is 0 Å². The molecule has 7 heteroatoms. The lowest BCUT2D eigenvalue weighted by Crippen LogP contribution is -2.32. The molecule has 0 N–H and O–H groups in total. The van der Waals surface area contributed by atoms with E-state index in [1.807, 2.05) is 6.07 Å². The van der Waals surface area contributed by atoms with Gasteiger partial charge in [-0.15, -0.1) is 0 Å². The Bertz CT molecular complexity index is 1150. The van der Waals surface area contributed by atoms with Crippen LogP contribution in [0.1, 0.15) is 68.0 Å². The summed E-state index contributed by atoms with van der Waals surface area (Å²) in [5.74, 6) is -0.223. The molecule has 1 aliphatic carbocycles. The largest absolute Gasteiger partial charge is 0.448 e. The molecule has 0 spiro atoms. The van der Waals surface area contributed by atoms with Crippen molar-refractivity contribution in [3.05, 3.63) is 52.4 Å². The molecule has 1 aromatic carbocycles. The van der Waals surface area contributed by atoms with E-state index in [9.17, 15) is 9.59 Å². The van der Waals surface area contributed by atoms with Gasteiger partial charge in [0.1, 0.15) is 12.0 Å². The van der Waals surface area contributed by atoms with Crippen LogP contribution in [-0.4, -0.2) is 32.4 Å². The topological polar surface area (TPSA) is 79.3 Å². The van der Waals surface area contributed by atoms with E-state index in [0.29, 0.717) is 17.5 Å². The molecule has 1 unspecified atom stereocenters. The summed E-state index contributed by atoms with van der Waals surface area (Å²) in [7, 11) is 0. The van der Waals surface area contributed by atoms with E-state index in [1.165, 1.54) is 5.56 Å². The minimum atomic E-state index is -0.763. The van der Waals surface area contributed by atoms with E-state index in [2.05, 4.69) is 53.2 Å². The van der Waals surface area contributed by atoms with Gasteiger partial charge >= 0.3 is 5.76 Å². The number of fused-ring (bicyclic) bond motifs is 1. The first-order valence-electron chi connectivity index (χ1n) is 10.2. The van der Waals surface area contributed by atoms with E-state index >= 15 is 0 Å². The van der Waals surface area contributed by atoms with Crippen LogP contribution < -0.4 is 5.76 Å². The second-order valence-corrected chi connectivity index (χ2v) is 9.05. The quantitative estimate of drug-likeness (QED) is 0.675. The number of nitrogens with zero attached hydrogens (tertiary/aromatic N) is 3. The fourth-order valence-electron chi connectivity index (χ4n) is 4.67. The van der Waals surface area contributed by atoms with Crippen molar-refractivity contribution in [2.75, 3.05) is 6.61 Å². The maximum Gasteiger partial charge on any atom is 0.448 e. The van der Waals surface area contributed by atoms with Crippen molar-refractivity contribution in [2.24, 2.45) is 5.92 Å². The second kappa shape index (κ2) is 6.42. The number of rotatable bonds is 3. The Morgan fingerprint density at radius 2 is 2.07 bits per heavy atom. The first-order valence-corrected chi connectivity index (χ1v) is 10.2. The third kappa shape index (κ3) is 3.13. The highest BCUT2D eigenvalue weighted by Crippen LogP contribution is 2.46. The van der Waals surface area contributed by atoms with Crippen molar-refractivity contribution in [1.82, 2.24) is 14.3 Å². The van der Waals surface area contributed by atoms with Crippen molar-refractivity contribution in [3.63, 3.8) is 0 Å². The lowest BCUT2D eigenvalue weighted by Gasteiger charge is -2.35. The molecular weight excluding hydrogens is 370 g/mol. The summed E-state index contributed by atoms with van der Waals surface area (Å²) in [6.45, 7) is 7.21. The summed E-state index contributed by atoms with van der Waals surface area (Å²) >= 11 is 0. The number of hydrogen-bond donors (Lipinski definition) is 0. The van der Waals surface area contributed by atoms with Gasteiger partial charge in [0.05, 0.1) is 5.60 Å². The van der Waals surface area contributed by atoms with Crippen molar-refractivity contribution in [1.29, 1.82) is 0 Å². The number of carbonyl (C=O) groups is 1. The molecule has 3 atom stereocenters. The zero-order valence-electron chi connectivity index (χ0n) is 16.9. The Balaban J connectivity index is 1.59. The van der Waals surface area contributed by atoms with Gasteiger partial charge in [-0.2, -0.15) is 4.57 Å². The fraction of sp³-hybridized carbons (Fsp3) is 0.500. The minimum absolute atomic E-state index is 0.121. The molecule has 3 aromatic rings. The molecule has 2 aliphatic rings. The Labute approximate surface area is 168 Å². The zero-order chi connectivity index (χ0) is 20.3. The van der Waals surface area contributed by atoms with E-state index in [4.69, 9.17) is 4.74 Å². The smallest absolute Gasteiger partial charge is 0.376 e. The molecule has 1 saturated carbocycles. The van der Waals surface area contributed by atoms with Crippen LogP contribution >= 0.6 is 0 Å². The van der Waals surface area contributed by atoms with Crippen LogP contribution in [0, 0.1) is 5.92 Å². The summed E-state index contributed by atoms with van der Waals surface area (Å²) in [6, 6.07) is 8.66. The van der Waals surface area contributed by atoms with E-state index < -0.39 is 11.7 Å². The lowest BCUT2D eigenvalue weighted by molar-refractivity contribution is -0.0592. The Hall–Kier alpha value is -2.67. The number of ether oxygens (including phenoxy) is 1. The van der Waals surface area contributed by atoms with Crippen LogP contribution in [0.5, 0.6) is 0 Å². The molecule has 2 fully saturated rings. The predicted octanol–water partition coefficient (Wildman–Crippen LogP) is 3.73. The van der Waals surface area contributed by atoms with Gasteiger partial charge in [-0.25, -0.2) is 4.79 Å². The molecule has 1 saturated heterocycles. The van der Waals surface area contributed by atoms with Crippen LogP contribution in [-0.2, 0) is 4.74 Å². The summed E-state index contributed by atoms with van der Waals surface area (Å²) in [5.41, 5.74) is 2.69. The van der Waals surface area contributed by atoms with Gasteiger partial charge in [0.25, 0.3) is 5.91 Å². The highest BCUT2D eigenvalue weighted by Gasteiger charge is 2.38. The molecule has 0 radical (unpaired) electrons. The predicted molar refractivity (Wildman–Crippen MR) is 107 cm³/mol. The van der Waals surface area contributed by atoms with Gasteiger partial charge in [0, 0.05) is 23.6 Å². The SMILES string of the molecule is C[C@H]1CC1n1c(C(=O)n2cnoc2=O)cc2cc([C@H]3CCOC(C)(C)C3)ccc21. The zero-order valence-corrected chi connectivity index (χ0v) is 16.9. The van der Waals surface area contributed by atoms with Gasteiger partial charge in [-0.3, -0.25) is 9.32 Å². The van der Waals surface area contributed by atoms with Gasteiger partial charge in [-0.1, -0.05) is 18.1 Å². The Morgan fingerprint density at radius 3 is 2.72 bits per heavy atom. The first kappa shape index (κ1) is 18.4. The average molecular weight is 395 g/mol. The summed E-state index contributed by atoms with van der Waals surface area (Å²) in [5, 5.41) is 4.48. The van der Waals surface area contributed by atoms with Crippen LogP contribution in [0.25, 0.3) is 10.9 Å². The molecule has 29 heavy (non-hydrogen) atoms. The van der Waals surface area contributed by atoms with Crippen LogP contribution in [0.3, 0.4) is 0 Å². The molecule has 5 rings (SSSR count). The molecule has 1 aliphatic heterocycles. The second-order valence-electron chi connectivity index (χ2n) is 9.05. The molecule has 7 nitrogen and oxygen atoms in total. The van der Waals surface area contributed by atoms with E-state index in [0.717, 1.165) is 47.7 Å². The van der Waals surface area contributed by atoms with Crippen LogP contribution in [0.2, 0.25) is 0 Å². The standard InChI is InChI=1S/C22H25N3O4/c1-13-8-18(13)25-17-5-4-14(15-6-7-28-22(2,3)11-15)9-16(17)10-19(25)20(26)24-12-23-29-21(24)27/h4-5,9-10,12-13,15,18H,6-8,11H2,1-3H3/t13-,15-,18?/m0/s1. The van der Waals surface area contributed by atoms with Crippen molar-refractivity contribution < 1.29 is 14.1 Å². The molecule has 0 bridgehead atoms. The van der Waals surface area contributed by atoms with E-state index in [1.54, 1.807) is 0 Å². The highest BCUT2D eigenvalue weighted by atomic mass is 16.5. The maximum atomic E-state index is 13.1. The Kier molecular flexibility index (Phi) is 4.07. The highest BCUT2D eigenvalue weighted by molar-refractivity contribution is 6.00. The summed E-state index contributed by atoms with van der Waals surface area (Å²) < 4.78 is 13.4. The van der Waals surface area contributed by atoms with Gasteiger partial charge < -0.3 is 9.30 Å². The summed E-state index contributed by atoms with van der Waals surface area (Å²) in [6.07, 6.45) is 4.13. The normalized spacial score (nSPS) is 26.0. The number of hydrogen-bond acceptors (Lipinski definition) is 5. The molecule has 2 aromatic heterocycles. The number of aromatic nitrogens is 3. The van der Waals surface area contributed by atoms with Gasteiger partial charge in [0.2, 0.25) is 0 Å². The number of carbonyl (C=O) groups excluding carboxylic acids is 1. The minimum Gasteiger partial charge on any atom is -0.376 e. The van der Waals surface area contributed by atoms with E-state index in [-0.39, 0.29) is 11.6 Å². The van der Waals surface area contributed by atoms with Crippen molar-refractivity contribution in [3.8, 4) is 0 Å². The maximum absolute atomic E-state index is 13.1. The van der Waals surface area contributed by atoms with Crippen molar-refractivity contribution in [2.45, 2.75) is 57.6 Å². The molecule has 0 amide bonds. The average Bonchev–Trinajstić information content (AvgIpc) is 3.08. The third-order valence-electron chi connectivity index (χ3n) is 6.36. The van der Waals surface area contributed by atoms with Gasteiger partial charge in [-0.05, 0) is 68.7 Å².